The molecule has 0 saturated carbocycles. The van der Waals surface area contributed by atoms with Gasteiger partial charge in [0.2, 0.25) is 0 Å². The number of likely N-dealkylation sites (N-methyl/N-ethyl adjacent to an activating group) is 1. The van der Waals surface area contributed by atoms with Crippen molar-refractivity contribution in [1.82, 2.24) is 4.90 Å². The summed E-state index contributed by atoms with van der Waals surface area (Å²) >= 11 is 0. The Morgan fingerprint density at radius 3 is 2.40 bits per heavy atom. The molecule has 0 bridgehead atoms. The molecule has 1 unspecified atom stereocenters. The number of nitrogens with zero attached hydrogens (tertiary/aromatic N) is 2. The normalized spacial score (nSPS) is 15.7. The molecule has 0 amide bonds. The van der Waals surface area contributed by atoms with Gasteiger partial charge < -0.3 is 10.9 Å². The van der Waals surface area contributed by atoms with Gasteiger partial charge >= 0.3 is 6.18 Å². The summed E-state index contributed by atoms with van der Waals surface area (Å²) in [5.74, 6) is -0.0674. The summed E-state index contributed by atoms with van der Waals surface area (Å²) in [5.41, 5.74) is 5.35. The zero-order valence-corrected chi connectivity index (χ0v) is 8.75. The highest BCUT2D eigenvalue weighted by Crippen LogP contribution is 2.20. The lowest BCUT2D eigenvalue weighted by atomic mass is 10.2. The SMILES string of the molecule is CCC(C(N)=NO)N(C)CCC(F)(F)F. The van der Waals surface area contributed by atoms with E-state index in [0.29, 0.717) is 6.42 Å². The summed E-state index contributed by atoms with van der Waals surface area (Å²) in [4.78, 5) is 1.42. The molecule has 0 rings (SSSR count). The Kier molecular flexibility index (Phi) is 5.41. The highest BCUT2D eigenvalue weighted by atomic mass is 19.4. The van der Waals surface area contributed by atoms with E-state index in [2.05, 4.69) is 5.16 Å². The standard InChI is InChI=1S/C8H16F3N3O/c1-3-6(7(12)13-15)14(2)5-4-8(9,10)11/h6,15H,3-5H2,1-2H3,(H2,12,13). The van der Waals surface area contributed by atoms with Crippen LogP contribution < -0.4 is 5.73 Å². The fourth-order valence-electron chi connectivity index (χ4n) is 1.27. The summed E-state index contributed by atoms with van der Waals surface area (Å²) in [7, 11) is 1.51. The number of rotatable bonds is 5. The van der Waals surface area contributed by atoms with Crippen LogP contribution in [0, 0.1) is 0 Å². The van der Waals surface area contributed by atoms with E-state index in [-0.39, 0.29) is 12.4 Å². The minimum Gasteiger partial charge on any atom is -0.409 e. The average molecular weight is 227 g/mol. The number of alkyl halides is 3. The van der Waals surface area contributed by atoms with Crippen molar-refractivity contribution in [1.29, 1.82) is 0 Å². The van der Waals surface area contributed by atoms with Crippen LogP contribution in [0.15, 0.2) is 5.16 Å². The van der Waals surface area contributed by atoms with Crippen LogP contribution in [0.5, 0.6) is 0 Å². The Morgan fingerprint density at radius 2 is 2.07 bits per heavy atom. The van der Waals surface area contributed by atoms with Crippen molar-refractivity contribution in [2.24, 2.45) is 10.9 Å². The van der Waals surface area contributed by atoms with Gasteiger partial charge in [-0.3, -0.25) is 4.90 Å². The molecule has 0 aromatic rings. The van der Waals surface area contributed by atoms with Crippen molar-refractivity contribution < 1.29 is 18.4 Å². The fraction of sp³-hybridized carbons (Fsp3) is 0.875. The second-order valence-electron chi connectivity index (χ2n) is 3.29. The molecule has 0 fully saturated rings. The van der Waals surface area contributed by atoms with Crippen LogP contribution in [-0.4, -0.2) is 41.8 Å². The van der Waals surface area contributed by atoms with Gasteiger partial charge in [-0.05, 0) is 13.5 Å². The van der Waals surface area contributed by atoms with E-state index in [1.165, 1.54) is 11.9 Å². The quantitative estimate of drug-likeness (QED) is 0.323. The number of hydrogen-bond donors (Lipinski definition) is 2. The van der Waals surface area contributed by atoms with Crippen LogP contribution in [0.1, 0.15) is 19.8 Å². The largest absolute Gasteiger partial charge is 0.409 e. The van der Waals surface area contributed by atoms with Gasteiger partial charge in [0.15, 0.2) is 5.84 Å². The third kappa shape index (κ3) is 5.46. The summed E-state index contributed by atoms with van der Waals surface area (Å²) in [5, 5.41) is 11.2. The predicted octanol–water partition coefficient (Wildman–Crippen LogP) is 1.40. The highest BCUT2D eigenvalue weighted by Gasteiger charge is 2.29. The molecular formula is C8H16F3N3O. The molecule has 0 spiro atoms. The number of oxime groups is 1. The van der Waals surface area contributed by atoms with Gasteiger partial charge in [0.25, 0.3) is 0 Å². The molecule has 3 N–H and O–H groups in total. The third-order valence-corrected chi connectivity index (χ3v) is 2.12. The number of amidine groups is 1. The van der Waals surface area contributed by atoms with Gasteiger partial charge in [0.05, 0.1) is 12.5 Å². The molecule has 0 aliphatic carbocycles. The van der Waals surface area contributed by atoms with E-state index in [0.717, 1.165) is 0 Å². The Bertz CT molecular complexity index is 218. The predicted molar refractivity (Wildman–Crippen MR) is 50.8 cm³/mol. The fourth-order valence-corrected chi connectivity index (χ4v) is 1.27. The topological polar surface area (TPSA) is 61.9 Å². The van der Waals surface area contributed by atoms with E-state index in [4.69, 9.17) is 10.9 Å². The first kappa shape index (κ1) is 14.0. The summed E-state index contributed by atoms with van der Waals surface area (Å²) < 4.78 is 35.8. The van der Waals surface area contributed by atoms with Crippen LogP contribution in [0.2, 0.25) is 0 Å². The van der Waals surface area contributed by atoms with Gasteiger partial charge in [-0.2, -0.15) is 13.2 Å². The van der Waals surface area contributed by atoms with Crippen LogP contribution in [0.3, 0.4) is 0 Å². The number of halogens is 3. The van der Waals surface area contributed by atoms with E-state index < -0.39 is 18.6 Å². The monoisotopic (exact) mass is 227 g/mol. The van der Waals surface area contributed by atoms with Crippen molar-refractivity contribution in [3.05, 3.63) is 0 Å². The molecule has 0 aromatic carbocycles. The molecule has 15 heavy (non-hydrogen) atoms. The molecule has 0 aliphatic rings. The minimum atomic E-state index is -4.18. The molecule has 7 heteroatoms. The van der Waals surface area contributed by atoms with Crippen LogP contribution in [0.4, 0.5) is 13.2 Å². The van der Waals surface area contributed by atoms with E-state index in [1.54, 1.807) is 6.92 Å². The highest BCUT2D eigenvalue weighted by molar-refractivity contribution is 5.85. The van der Waals surface area contributed by atoms with Gasteiger partial charge in [0, 0.05) is 6.54 Å². The summed E-state index contributed by atoms with van der Waals surface area (Å²) in [6.07, 6.45) is -4.60. The molecule has 0 radical (unpaired) electrons. The lowest BCUT2D eigenvalue weighted by Crippen LogP contribution is -2.43. The molecule has 0 heterocycles. The van der Waals surface area contributed by atoms with Crippen LogP contribution in [-0.2, 0) is 0 Å². The maximum Gasteiger partial charge on any atom is 0.390 e. The first-order valence-corrected chi connectivity index (χ1v) is 4.56. The molecule has 90 valence electrons. The molecular weight excluding hydrogens is 211 g/mol. The molecule has 1 atom stereocenters. The van der Waals surface area contributed by atoms with Crippen molar-refractivity contribution in [2.45, 2.75) is 32.0 Å². The van der Waals surface area contributed by atoms with Gasteiger partial charge in [-0.25, -0.2) is 0 Å². The zero-order valence-electron chi connectivity index (χ0n) is 8.75. The Balaban J connectivity index is 4.23. The minimum absolute atomic E-state index is 0.0674. The molecule has 0 aromatic heterocycles. The average Bonchev–Trinajstić information content (AvgIpc) is 2.14. The molecule has 0 aliphatic heterocycles. The maximum atomic E-state index is 11.9. The zero-order chi connectivity index (χ0) is 12.1. The van der Waals surface area contributed by atoms with E-state index >= 15 is 0 Å². The molecule has 0 saturated heterocycles. The van der Waals surface area contributed by atoms with Crippen LogP contribution >= 0.6 is 0 Å². The summed E-state index contributed by atoms with van der Waals surface area (Å²) in [6, 6.07) is -0.461. The van der Waals surface area contributed by atoms with E-state index in [9.17, 15) is 13.2 Å². The van der Waals surface area contributed by atoms with Crippen molar-refractivity contribution >= 4 is 5.84 Å². The maximum absolute atomic E-state index is 11.9. The lowest BCUT2D eigenvalue weighted by molar-refractivity contribution is -0.137. The van der Waals surface area contributed by atoms with Gasteiger partial charge in [0.1, 0.15) is 0 Å². The smallest absolute Gasteiger partial charge is 0.390 e. The lowest BCUT2D eigenvalue weighted by Gasteiger charge is -2.26. The van der Waals surface area contributed by atoms with Crippen LogP contribution in [0.25, 0.3) is 0 Å². The molecule has 4 nitrogen and oxygen atoms in total. The number of nitrogens with two attached hydrogens (primary N) is 1. The van der Waals surface area contributed by atoms with E-state index in [1.807, 2.05) is 0 Å². The van der Waals surface area contributed by atoms with Crippen molar-refractivity contribution in [2.75, 3.05) is 13.6 Å². The second-order valence-corrected chi connectivity index (χ2v) is 3.29. The Morgan fingerprint density at radius 1 is 1.53 bits per heavy atom. The second kappa shape index (κ2) is 5.79. The third-order valence-electron chi connectivity index (χ3n) is 2.12. The van der Waals surface area contributed by atoms with Crippen molar-refractivity contribution in [3.63, 3.8) is 0 Å². The Labute approximate surface area is 86.5 Å². The van der Waals surface area contributed by atoms with Gasteiger partial charge in [-0.1, -0.05) is 12.1 Å². The Hall–Kier alpha value is -0.980. The summed E-state index contributed by atoms with van der Waals surface area (Å²) in [6.45, 7) is 1.59. The van der Waals surface area contributed by atoms with Gasteiger partial charge in [-0.15, -0.1) is 0 Å². The first-order chi connectivity index (χ1) is 6.81. The van der Waals surface area contributed by atoms with Crippen molar-refractivity contribution in [3.8, 4) is 0 Å². The first-order valence-electron chi connectivity index (χ1n) is 4.56. The number of hydrogen-bond acceptors (Lipinski definition) is 3.